The second kappa shape index (κ2) is 9.31. The average molecular weight is 441 g/mol. The predicted octanol–water partition coefficient (Wildman–Crippen LogP) is 2.39. The number of fused-ring (bicyclic) bond motifs is 1. The Morgan fingerprint density at radius 2 is 1.88 bits per heavy atom. The van der Waals surface area contributed by atoms with Crippen LogP contribution in [0.4, 0.5) is 5.82 Å². The molecule has 4 rings (SSSR count). The highest BCUT2D eigenvalue weighted by Gasteiger charge is 2.19. The van der Waals surface area contributed by atoms with Gasteiger partial charge in [-0.1, -0.05) is 49.0 Å². The summed E-state index contributed by atoms with van der Waals surface area (Å²) in [6.07, 6.45) is 2.67. The maximum atomic E-state index is 12.5. The Morgan fingerprint density at radius 3 is 2.61 bits per heavy atom. The summed E-state index contributed by atoms with van der Waals surface area (Å²) < 4.78 is 1.69. The third kappa shape index (κ3) is 4.57. The third-order valence-corrected chi connectivity index (χ3v) is 5.26. The van der Waals surface area contributed by atoms with E-state index in [1.54, 1.807) is 27.8 Å². The molecular formula is C24H23N7O2. The summed E-state index contributed by atoms with van der Waals surface area (Å²) in [5.74, 6) is -0.447. The number of carbonyl (C=O) groups is 2. The molecule has 9 nitrogen and oxygen atoms in total. The van der Waals surface area contributed by atoms with Gasteiger partial charge in [0.05, 0.1) is 11.9 Å². The van der Waals surface area contributed by atoms with Crippen molar-refractivity contribution in [1.82, 2.24) is 24.6 Å². The Kier molecular flexibility index (Phi) is 6.12. The number of hydrogen-bond acceptors (Lipinski definition) is 6. The van der Waals surface area contributed by atoms with Gasteiger partial charge in [-0.2, -0.15) is 5.10 Å². The maximum absolute atomic E-state index is 12.5. The highest BCUT2D eigenvalue weighted by Crippen LogP contribution is 2.30. The summed E-state index contributed by atoms with van der Waals surface area (Å²) in [6.45, 7) is 4.80. The first-order valence-corrected chi connectivity index (χ1v) is 10.3. The van der Waals surface area contributed by atoms with E-state index in [1.807, 2.05) is 36.4 Å². The van der Waals surface area contributed by atoms with Gasteiger partial charge in [0.15, 0.2) is 5.65 Å². The molecule has 2 aromatic carbocycles. The number of benzene rings is 2. The molecule has 0 aliphatic rings. The van der Waals surface area contributed by atoms with Gasteiger partial charge in [0, 0.05) is 24.2 Å². The minimum Gasteiger partial charge on any atom is -0.383 e. The number of carbonyl (C=O) groups excluding carboxylic acids is 2. The zero-order valence-electron chi connectivity index (χ0n) is 17.9. The molecule has 0 aliphatic heterocycles. The first-order valence-electron chi connectivity index (χ1n) is 10.3. The SMILES string of the molecule is C=CC(=O)N(CCn1nc(-c2cccc(C(N)=O)c2)c2c(N)ncnc21)Cc1ccccc1. The van der Waals surface area contributed by atoms with Gasteiger partial charge in [0.25, 0.3) is 0 Å². The predicted molar refractivity (Wildman–Crippen MR) is 126 cm³/mol. The fraction of sp³-hybridized carbons (Fsp3) is 0.125. The molecule has 0 fully saturated rings. The Labute approximate surface area is 190 Å². The van der Waals surface area contributed by atoms with Crippen molar-refractivity contribution in [2.45, 2.75) is 13.1 Å². The quantitative estimate of drug-likeness (QED) is 0.403. The first kappa shape index (κ1) is 21.7. The number of primary amides is 1. The minimum absolute atomic E-state index is 0.182. The fourth-order valence-electron chi connectivity index (χ4n) is 3.62. The fourth-order valence-corrected chi connectivity index (χ4v) is 3.62. The summed E-state index contributed by atoms with van der Waals surface area (Å²) in [4.78, 5) is 34.3. The Balaban J connectivity index is 1.69. The van der Waals surface area contributed by atoms with Crippen LogP contribution in [0.15, 0.2) is 73.6 Å². The van der Waals surface area contributed by atoms with Crippen LogP contribution in [0, 0.1) is 0 Å². The summed E-state index contributed by atoms with van der Waals surface area (Å²) in [5.41, 5.74) is 14.7. The van der Waals surface area contributed by atoms with Crippen molar-refractivity contribution in [3.63, 3.8) is 0 Å². The number of nitrogens with two attached hydrogens (primary N) is 2. The first-order chi connectivity index (χ1) is 16.0. The molecule has 0 radical (unpaired) electrons. The highest BCUT2D eigenvalue weighted by atomic mass is 16.2. The molecule has 4 aromatic rings. The van der Waals surface area contributed by atoms with Crippen LogP contribution < -0.4 is 11.5 Å². The van der Waals surface area contributed by atoms with Gasteiger partial charge in [-0.3, -0.25) is 9.59 Å². The van der Waals surface area contributed by atoms with Crippen LogP contribution in [0.3, 0.4) is 0 Å². The molecule has 0 saturated heterocycles. The van der Waals surface area contributed by atoms with E-state index in [9.17, 15) is 9.59 Å². The molecule has 0 atom stereocenters. The van der Waals surface area contributed by atoms with Crippen LogP contribution in [-0.4, -0.2) is 43.0 Å². The van der Waals surface area contributed by atoms with Gasteiger partial charge in [0.2, 0.25) is 11.8 Å². The van der Waals surface area contributed by atoms with Crippen molar-refractivity contribution >= 4 is 28.7 Å². The van der Waals surface area contributed by atoms with E-state index in [4.69, 9.17) is 16.6 Å². The maximum Gasteiger partial charge on any atom is 0.248 e. The number of anilines is 1. The smallest absolute Gasteiger partial charge is 0.248 e. The molecule has 0 saturated carbocycles. The van der Waals surface area contributed by atoms with E-state index in [1.165, 1.54) is 12.4 Å². The average Bonchev–Trinajstić information content (AvgIpc) is 3.22. The Hall–Kier alpha value is -4.53. The van der Waals surface area contributed by atoms with E-state index in [2.05, 4.69) is 16.5 Å². The molecule has 0 aliphatic carbocycles. The van der Waals surface area contributed by atoms with Crippen LogP contribution in [0.1, 0.15) is 15.9 Å². The lowest BCUT2D eigenvalue weighted by atomic mass is 10.1. The number of amides is 2. The summed E-state index contributed by atoms with van der Waals surface area (Å²) in [6, 6.07) is 16.5. The largest absolute Gasteiger partial charge is 0.383 e. The monoisotopic (exact) mass is 441 g/mol. The minimum atomic E-state index is -0.538. The van der Waals surface area contributed by atoms with Gasteiger partial charge in [-0.05, 0) is 23.8 Å². The van der Waals surface area contributed by atoms with Crippen molar-refractivity contribution < 1.29 is 9.59 Å². The van der Waals surface area contributed by atoms with Crippen LogP contribution in [0.25, 0.3) is 22.3 Å². The van der Waals surface area contributed by atoms with Gasteiger partial charge < -0.3 is 16.4 Å². The van der Waals surface area contributed by atoms with Crippen LogP contribution >= 0.6 is 0 Å². The molecule has 9 heteroatoms. The molecule has 4 N–H and O–H groups in total. The molecule has 2 heterocycles. The molecule has 0 unspecified atom stereocenters. The molecule has 2 amide bonds. The number of hydrogen-bond donors (Lipinski definition) is 2. The zero-order chi connectivity index (χ0) is 23.4. The molecular weight excluding hydrogens is 418 g/mol. The van der Waals surface area contributed by atoms with E-state index in [0.717, 1.165) is 5.56 Å². The Bertz CT molecular complexity index is 1330. The number of rotatable bonds is 8. The third-order valence-electron chi connectivity index (χ3n) is 5.26. The van der Waals surface area contributed by atoms with Crippen molar-refractivity contribution in [2.24, 2.45) is 5.73 Å². The highest BCUT2D eigenvalue weighted by molar-refractivity contribution is 6.00. The van der Waals surface area contributed by atoms with Crippen LogP contribution in [0.2, 0.25) is 0 Å². The summed E-state index contributed by atoms with van der Waals surface area (Å²) >= 11 is 0. The van der Waals surface area contributed by atoms with Crippen LogP contribution in [0.5, 0.6) is 0 Å². The lowest BCUT2D eigenvalue weighted by molar-refractivity contribution is -0.126. The molecule has 166 valence electrons. The van der Waals surface area contributed by atoms with Crippen molar-refractivity contribution in [1.29, 1.82) is 0 Å². The molecule has 2 aromatic heterocycles. The molecule has 33 heavy (non-hydrogen) atoms. The zero-order valence-corrected chi connectivity index (χ0v) is 17.9. The van der Waals surface area contributed by atoms with Gasteiger partial charge in [0.1, 0.15) is 17.8 Å². The van der Waals surface area contributed by atoms with E-state index < -0.39 is 5.91 Å². The lowest BCUT2D eigenvalue weighted by Gasteiger charge is -2.21. The number of aromatic nitrogens is 4. The van der Waals surface area contributed by atoms with Crippen molar-refractivity contribution in [3.05, 3.63) is 84.7 Å². The Morgan fingerprint density at radius 1 is 1.09 bits per heavy atom. The van der Waals surface area contributed by atoms with Crippen LogP contribution in [-0.2, 0) is 17.9 Å². The number of nitrogens with zero attached hydrogens (tertiary/aromatic N) is 5. The second-order valence-electron chi connectivity index (χ2n) is 7.42. The lowest BCUT2D eigenvalue weighted by Crippen LogP contribution is -2.32. The standard InChI is InChI=1S/C24H23N7O2/c1-2-19(32)30(14-16-7-4-3-5-8-16)11-12-31-24-20(22(25)27-15-28-24)21(29-31)17-9-6-10-18(13-17)23(26)33/h2-10,13,15H,1,11-12,14H2,(H2,26,33)(H2,25,27,28). The normalized spacial score (nSPS) is 10.8. The van der Waals surface area contributed by atoms with E-state index >= 15 is 0 Å². The van der Waals surface area contributed by atoms with Gasteiger partial charge in [-0.15, -0.1) is 0 Å². The van der Waals surface area contributed by atoms with Crippen molar-refractivity contribution in [2.75, 3.05) is 12.3 Å². The van der Waals surface area contributed by atoms with E-state index in [0.29, 0.717) is 47.5 Å². The van der Waals surface area contributed by atoms with Gasteiger partial charge in [-0.25, -0.2) is 14.6 Å². The van der Waals surface area contributed by atoms with Crippen molar-refractivity contribution in [3.8, 4) is 11.3 Å². The summed E-state index contributed by atoms with van der Waals surface area (Å²) in [7, 11) is 0. The second-order valence-corrected chi connectivity index (χ2v) is 7.42. The van der Waals surface area contributed by atoms with Gasteiger partial charge >= 0.3 is 0 Å². The van der Waals surface area contributed by atoms with E-state index in [-0.39, 0.29) is 11.7 Å². The number of nitrogen functional groups attached to an aromatic ring is 1. The summed E-state index contributed by atoms with van der Waals surface area (Å²) in [5, 5.41) is 5.28. The molecule has 0 spiro atoms. The molecule has 0 bridgehead atoms. The topological polar surface area (TPSA) is 133 Å².